The number of aromatic amines is 1. The molecule has 2 aromatic carbocycles. The van der Waals surface area contributed by atoms with Gasteiger partial charge in [0.05, 0.1) is 11.0 Å². The number of benzene rings is 2. The largest absolute Gasteiger partial charge is 0.330 e. The molecule has 3 aromatic rings. The second-order valence-corrected chi connectivity index (χ2v) is 4.73. The maximum Gasteiger partial charge on any atom is 0.182 e. The van der Waals surface area contributed by atoms with E-state index in [9.17, 15) is 4.39 Å². The Morgan fingerprint density at radius 2 is 2.00 bits per heavy atom. The monoisotopic (exact) mass is 278 g/mol. The summed E-state index contributed by atoms with van der Waals surface area (Å²) in [5, 5.41) is 0.630. The van der Waals surface area contributed by atoms with E-state index in [4.69, 9.17) is 23.8 Å². The van der Waals surface area contributed by atoms with Crippen molar-refractivity contribution in [1.29, 1.82) is 0 Å². The standard InChI is InChI=1S/C13H8ClFN2S/c14-8-2-1-3-10(6-8)17-12-5-4-9(15)7-11(12)16-13(17)18/h1-7H,(H,16,18). The molecule has 5 heteroatoms. The SMILES string of the molecule is Fc1ccc2c(c1)[nH]c(=S)n2-c1cccc(Cl)c1. The summed E-state index contributed by atoms with van der Waals surface area (Å²) >= 11 is 11.2. The van der Waals surface area contributed by atoms with Gasteiger partial charge < -0.3 is 4.98 Å². The van der Waals surface area contributed by atoms with Gasteiger partial charge in [-0.25, -0.2) is 4.39 Å². The molecule has 0 aliphatic carbocycles. The maximum atomic E-state index is 13.2. The number of nitrogens with zero attached hydrogens (tertiary/aromatic N) is 1. The van der Waals surface area contributed by atoms with Gasteiger partial charge in [-0.2, -0.15) is 0 Å². The zero-order chi connectivity index (χ0) is 12.7. The second-order valence-electron chi connectivity index (χ2n) is 3.91. The topological polar surface area (TPSA) is 20.7 Å². The minimum atomic E-state index is -0.294. The summed E-state index contributed by atoms with van der Waals surface area (Å²) in [4.78, 5) is 2.98. The first kappa shape index (κ1) is 11.4. The predicted molar refractivity (Wildman–Crippen MR) is 73.4 cm³/mol. The van der Waals surface area contributed by atoms with Crippen LogP contribution in [0.15, 0.2) is 42.5 Å². The third-order valence-electron chi connectivity index (χ3n) is 2.71. The number of imidazole rings is 1. The van der Waals surface area contributed by atoms with Crippen LogP contribution in [0, 0.1) is 10.6 Å². The quantitative estimate of drug-likeness (QED) is 0.651. The minimum absolute atomic E-state index is 0.294. The lowest BCUT2D eigenvalue weighted by Crippen LogP contribution is -1.93. The van der Waals surface area contributed by atoms with Gasteiger partial charge in [0.25, 0.3) is 0 Å². The molecule has 0 amide bonds. The Morgan fingerprint density at radius 3 is 2.78 bits per heavy atom. The van der Waals surface area contributed by atoms with Gasteiger partial charge in [-0.1, -0.05) is 17.7 Å². The molecule has 0 aliphatic rings. The highest BCUT2D eigenvalue weighted by molar-refractivity contribution is 7.71. The molecule has 1 heterocycles. The molecule has 3 rings (SSSR count). The molecule has 0 saturated carbocycles. The highest BCUT2D eigenvalue weighted by Crippen LogP contribution is 2.22. The zero-order valence-corrected chi connectivity index (χ0v) is 10.7. The van der Waals surface area contributed by atoms with Crippen LogP contribution in [0.2, 0.25) is 5.02 Å². The zero-order valence-electron chi connectivity index (χ0n) is 9.15. The molecule has 0 spiro atoms. The fourth-order valence-electron chi connectivity index (χ4n) is 1.96. The third kappa shape index (κ3) is 1.83. The van der Waals surface area contributed by atoms with Crippen molar-refractivity contribution in [2.75, 3.05) is 0 Å². The Morgan fingerprint density at radius 1 is 1.17 bits per heavy atom. The van der Waals surface area contributed by atoms with Gasteiger partial charge in [-0.05, 0) is 48.6 Å². The van der Waals surface area contributed by atoms with Crippen molar-refractivity contribution >= 4 is 34.9 Å². The average Bonchev–Trinajstić information content (AvgIpc) is 2.64. The van der Waals surface area contributed by atoms with E-state index >= 15 is 0 Å². The molecule has 90 valence electrons. The number of fused-ring (bicyclic) bond motifs is 1. The van der Waals surface area contributed by atoms with E-state index in [1.165, 1.54) is 12.1 Å². The predicted octanol–water partition coefficient (Wildman–Crippen LogP) is 4.48. The molecule has 0 bridgehead atoms. The lowest BCUT2D eigenvalue weighted by atomic mass is 10.2. The number of aromatic nitrogens is 2. The number of rotatable bonds is 1. The highest BCUT2D eigenvalue weighted by atomic mass is 35.5. The van der Waals surface area contributed by atoms with Crippen molar-refractivity contribution in [3.63, 3.8) is 0 Å². The molecular weight excluding hydrogens is 271 g/mol. The van der Waals surface area contributed by atoms with E-state index in [0.29, 0.717) is 15.3 Å². The van der Waals surface area contributed by atoms with Crippen LogP contribution in [-0.2, 0) is 0 Å². The van der Waals surface area contributed by atoms with E-state index < -0.39 is 0 Å². The molecule has 18 heavy (non-hydrogen) atoms. The van der Waals surface area contributed by atoms with Crippen molar-refractivity contribution in [2.45, 2.75) is 0 Å². The number of nitrogens with one attached hydrogen (secondary N) is 1. The first-order valence-electron chi connectivity index (χ1n) is 5.31. The molecule has 0 atom stereocenters. The van der Waals surface area contributed by atoms with E-state index in [0.717, 1.165) is 11.2 Å². The van der Waals surface area contributed by atoms with Gasteiger partial charge in [-0.3, -0.25) is 4.57 Å². The molecule has 0 fully saturated rings. The highest BCUT2D eigenvalue weighted by Gasteiger charge is 2.07. The van der Waals surface area contributed by atoms with E-state index in [2.05, 4.69) is 4.98 Å². The number of halogens is 2. The van der Waals surface area contributed by atoms with Crippen LogP contribution in [0.1, 0.15) is 0 Å². The average molecular weight is 279 g/mol. The molecule has 2 nitrogen and oxygen atoms in total. The smallest absolute Gasteiger partial charge is 0.182 e. The molecular formula is C13H8ClFN2S. The lowest BCUT2D eigenvalue weighted by Gasteiger charge is -2.04. The normalized spacial score (nSPS) is 11.0. The summed E-state index contributed by atoms with van der Waals surface area (Å²) in [7, 11) is 0. The van der Waals surface area contributed by atoms with Crippen molar-refractivity contribution < 1.29 is 4.39 Å². The number of H-pyrrole nitrogens is 1. The van der Waals surface area contributed by atoms with Crippen LogP contribution in [0.3, 0.4) is 0 Å². The summed E-state index contributed by atoms with van der Waals surface area (Å²) in [5.74, 6) is -0.294. The molecule has 0 radical (unpaired) electrons. The van der Waals surface area contributed by atoms with Gasteiger partial charge in [0.1, 0.15) is 5.82 Å². The van der Waals surface area contributed by atoms with Gasteiger partial charge >= 0.3 is 0 Å². The fraction of sp³-hybridized carbons (Fsp3) is 0. The Hall–Kier alpha value is -1.65. The Labute approximate surface area is 113 Å². The van der Waals surface area contributed by atoms with Crippen molar-refractivity contribution in [1.82, 2.24) is 9.55 Å². The molecule has 0 aliphatic heterocycles. The van der Waals surface area contributed by atoms with E-state index in [1.807, 2.05) is 22.8 Å². The number of hydrogen-bond donors (Lipinski definition) is 1. The Kier molecular flexibility index (Phi) is 2.69. The van der Waals surface area contributed by atoms with Crippen LogP contribution >= 0.6 is 23.8 Å². The first-order valence-corrected chi connectivity index (χ1v) is 6.10. The van der Waals surface area contributed by atoms with Crippen LogP contribution in [-0.4, -0.2) is 9.55 Å². The van der Waals surface area contributed by atoms with Crippen LogP contribution in [0.25, 0.3) is 16.7 Å². The third-order valence-corrected chi connectivity index (χ3v) is 3.23. The summed E-state index contributed by atoms with van der Waals surface area (Å²) in [6, 6.07) is 11.9. The van der Waals surface area contributed by atoms with Crippen molar-refractivity contribution in [3.8, 4) is 5.69 Å². The summed E-state index contributed by atoms with van der Waals surface area (Å²) in [6.45, 7) is 0. The summed E-state index contributed by atoms with van der Waals surface area (Å²) < 4.78 is 15.5. The second kappa shape index (κ2) is 4.23. The maximum absolute atomic E-state index is 13.2. The van der Waals surface area contributed by atoms with Gasteiger partial charge in [0.2, 0.25) is 0 Å². The van der Waals surface area contributed by atoms with E-state index in [-0.39, 0.29) is 5.82 Å². The molecule has 1 aromatic heterocycles. The summed E-state index contributed by atoms with van der Waals surface area (Å²) in [5.41, 5.74) is 2.34. The van der Waals surface area contributed by atoms with Crippen LogP contribution < -0.4 is 0 Å². The molecule has 1 N–H and O–H groups in total. The van der Waals surface area contributed by atoms with Gasteiger partial charge in [0.15, 0.2) is 4.77 Å². The van der Waals surface area contributed by atoms with Crippen molar-refractivity contribution in [2.24, 2.45) is 0 Å². The fourth-order valence-corrected chi connectivity index (χ4v) is 2.45. The van der Waals surface area contributed by atoms with E-state index in [1.54, 1.807) is 12.1 Å². The molecule has 0 saturated heterocycles. The van der Waals surface area contributed by atoms with Crippen LogP contribution in [0.4, 0.5) is 4.39 Å². The summed E-state index contributed by atoms with van der Waals surface area (Å²) in [6.07, 6.45) is 0. The van der Waals surface area contributed by atoms with Gasteiger partial charge in [-0.15, -0.1) is 0 Å². The Balaban J connectivity index is 2.35. The number of hydrogen-bond acceptors (Lipinski definition) is 1. The lowest BCUT2D eigenvalue weighted by molar-refractivity contribution is 0.629. The van der Waals surface area contributed by atoms with Gasteiger partial charge in [0, 0.05) is 10.7 Å². The Bertz CT molecular complexity index is 791. The van der Waals surface area contributed by atoms with Crippen LogP contribution in [0.5, 0.6) is 0 Å². The first-order chi connectivity index (χ1) is 8.65. The van der Waals surface area contributed by atoms with Crippen molar-refractivity contribution in [3.05, 3.63) is 58.1 Å². The molecule has 0 unspecified atom stereocenters. The minimum Gasteiger partial charge on any atom is -0.330 e.